The molecule has 0 heterocycles. The zero-order chi connectivity index (χ0) is 18.6. The Bertz CT molecular complexity index is 857. The first kappa shape index (κ1) is 18.9. The van der Waals surface area contributed by atoms with Crippen molar-refractivity contribution in [2.45, 2.75) is 17.9 Å². The van der Waals surface area contributed by atoms with E-state index in [9.17, 15) is 17.6 Å². The Kier molecular flexibility index (Phi) is 5.76. The molecule has 3 N–H and O–H groups in total. The Morgan fingerprint density at radius 2 is 1.88 bits per heavy atom. The Balaban J connectivity index is 2.07. The van der Waals surface area contributed by atoms with Crippen LogP contribution in [0.2, 0.25) is 0 Å². The van der Waals surface area contributed by atoms with Crippen molar-refractivity contribution in [2.24, 2.45) is 5.14 Å². The third kappa shape index (κ3) is 4.77. The van der Waals surface area contributed by atoms with Crippen LogP contribution in [0.4, 0.5) is 10.1 Å². The smallest absolute Gasteiger partial charge is 0.254 e. The van der Waals surface area contributed by atoms with Gasteiger partial charge in [0, 0.05) is 25.3 Å². The number of benzene rings is 2. The number of nitrogens with two attached hydrogens (primary N) is 1. The number of anilines is 1. The molecule has 0 aromatic heterocycles. The molecule has 2 aromatic carbocycles. The fourth-order valence-electron chi connectivity index (χ4n) is 2.25. The fraction of sp³-hybridized carbons (Fsp3) is 0.235. The second kappa shape index (κ2) is 7.62. The number of para-hydroxylation sites is 1. The first-order valence-corrected chi connectivity index (χ1v) is 9.13. The first-order chi connectivity index (χ1) is 11.7. The van der Waals surface area contributed by atoms with E-state index in [4.69, 9.17) is 5.14 Å². The number of halogens is 1. The Hall–Kier alpha value is -2.45. The molecule has 0 saturated carbocycles. The van der Waals surface area contributed by atoms with Gasteiger partial charge in [-0.2, -0.15) is 0 Å². The molecule has 0 unspecified atom stereocenters. The van der Waals surface area contributed by atoms with E-state index in [2.05, 4.69) is 5.32 Å². The minimum absolute atomic E-state index is 0.0594. The molecule has 0 saturated heterocycles. The molecule has 8 heteroatoms. The predicted molar refractivity (Wildman–Crippen MR) is 94.4 cm³/mol. The minimum Gasteiger partial charge on any atom is -0.370 e. The number of likely N-dealkylation sites (N-methyl/N-ethyl adjacent to an activating group) is 1. The van der Waals surface area contributed by atoms with Crippen molar-refractivity contribution in [1.29, 1.82) is 0 Å². The van der Waals surface area contributed by atoms with Crippen LogP contribution in [0.15, 0.2) is 53.4 Å². The van der Waals surface area contributed by atoms with Crippen LogP contribution in [0.3, 0.4) is 0 Å². The predicted octanol–water partition coefficient (Wildman–Crippen LogP) is 1.73. The van der Waals surface area contributed by atoms with E-state index in [1.54, 1.807) is 0 Å². The summed E-state index contributed by atoms with van der Waals surface area (Å²) in [4.78, 5) is 13.9. The monoisotopic (exact) mass is 365 g/mol. The summed E-state index contributed by atoms with van der Waals surface area (Å²) in [5, 5.41) is 7.63. The van der Waals surface area contributed by atoms with Crippen molar-refractivity contribution < 1.29 is 17.6 Å². The summed E-state index contributed by atoms with van der Waals surface area (Å²) in [6.07, 6.45) is 0. The molecule has 0 aliphatic heterocycles. The van der Waals surface area contributed by atoms with Crippen LogP contribution >= 0.6 is 0 Å². The lowest BCUT2D eigenvalue weighted by atomic mass is 10.2. The average Bonchev–Trinajstić information content (AvgIpc) is 2.58. The number of nitrogens with zero attached hydrogens (tertiary/aromatic N) is 1. The van der Waals surface area contributed by atoms with Crippen LogP contribution in [-0.2, 0) is 10.0 Å². The van der Waals surface area contributed by atoms with Crippen molar-refractivity contribution in [3.05, 3.63) is 59.9 Å². The number of amides is 1. The van der Waals surface area contributed by atoms with Crippen LogP contribution in [0.1, 0.15) is 17.3 Å². The van der Waals surface area contributed by atoms with Crippen molar-refractivity contribution in [3.63, 3.8) is 0 Å². The van der Waals surface area contributed by atoms with Crippen LogP contribution in [0, 0.1) is 5.82 Å². The summed E-state index contributed by atoms with van der Waals surface area (Å²) >= 11 is 0. The Labute approximate surface area is 146 Å². The normalized spacial score (nSPS) is 12.5. The van der Waals surface area contributed by atoms with Gasteiger partial charge < -0.3 is 10.2 Å². The van der Waals surface area contributed by atoms with Gasteiger partial charge in [0.1, 0.15) is 5.82 Å². The van der Waals surface area contributed by atoms with Gasteiger partial charge in [-0.25, -0.2) is 17.9 Å². The summed E-state index contributed by atoms with van der Waals surface area (Å²) < 4.78 is 36.5. The van der Waals surface area contributed by atoms with Gasteiger partial charge in [-0.15, -0.1) is 0 Å². The van der Waals surface area contributed by atoms with E-state index >= 15 is 0 Å². The van der Waals surface area contributed by atoms with Gasteiger partial charge in [0.05, 0.1) is 10.5 Å². The summed E-state index contributed by atoms with van der Waals surface area (Å²) in [7, 11) is -2.13. The van der Waals surface area contributed by atoms with Crippen molar-refractivity contribution in [2.75, 3.05) is 18.5 Å². The van der Waals surface area contributed by atoms with Crippen molar-refractivity contribution >= 4 is 21.6 Å². The molecular formula is C17H20FN3O3S. The number of rotatable bonds is 6. The maximum absolute atomic E-state index is 13.8. The maximum atomic E-state index is 13.8. The summed E-state index contributed by atoms with van der Waals surface area (Å²) in [6, 6.07) is 12.4. The number of carbonyl (C=O) groups is 1. The number of primary sulfonamides is 1. The molecule has 25 heavy (non-hydrogen) atoms. The zero-order valence-corrected chi connectivity index (χ0v) is 14.8. The Morgan fingerprint density at radius 1 is 1.24 bits per heavy atom. The van der Waals surface area contributed by atoms with E-state index in [0.29, 0.717) is 0 Å². The molecular weight excluding hydrogens is 345 g/mol. The fourth-order valence-corrected chi connectivity index (χ4v) is 2.79. The van der Waals surface area contributed by atoms with Gasteiger partial charge in [-0.3, -0.25) is 4.79 Å². The van der Waals surface area contributed by atoms with Crippen molar-refractivity contribution in [3.8, 4) is 0 Å². The van der Waals surface area contributed by atoms with Gasteiger partial charge in [0.2, 0.25) is 10.0 Å². The molecule has 0 aliphatic rings. The topological polar surface area (TPSA) is 92.5 Å². The summed E-state index contributed by atoms with van der Waals surface area (Å²) in [6.45, 7) is 2.16. The van der Waals surface area contributed by atoms with Gasteiger partial charge >= 0.3 is 0 Å². The largest absolute Gasteiger partial charge is 0.370 e. The van der Waals surface area contributed by atoms with Gasteiger partial charge in [0.15, 0.2) is 0 Å². The van der Waals surface area contributed by atoms with E-state index in [0.717, 1.165) is 23.9 Å². The lowest BCUT2D eigenvalue weighted by Crippen LogP contribution is -2.40. The number of nitrogens with one attached hydrogen (secondary N) is 1. The maximum Gasteiger partial charge on any atom is 0.254 e. The molecule has 0 spiro atoms. The standard InChI is InChI=1S/C17H20FN3O3S/c1-12(21(2)13-6-4-3-5-7-13)11-20-17(22)15-10-14(25(19,23)24)8-9-16(15)18/h3-10,12H,11H2,1-2H3,(H,20,22)(H2,19,23,24)/t12-/m0/s1. The average molecular weight is 365 g/mol. The highest BCUT2D eigenvalue weighted by Gasteiger charge is 2.18. The van der Waals surface area contributed by atoms with Crippen LogP contribution in [0.5, 0.6) is 0 Å². The lowest BCUT2D eigenvalue weighted by Gasteiger charge is -2.27. The summed E-state index contributed by atoms with van der Waals surface area (Å²) in [5.41, 5.74) is 0.618. The highest BCUT2D eigenvalue weighted by molar-refractivity contribution is 7.89. The number of hydrogen-bond donors (Lipinski definition) is 2. The molecule has 6 nitrogen and oxygen atoms in total. The third-order valence-corrected chi connectivity index (χ3v) is 4.80. The van der Waals surface area contributed by atoms with Crippen molar-refractivity contribution in [1.82, 2.24) is 5.32 Å². The van der Waals surface area contributed by atoms with Crippen LogP contribution in [0.25, 0.3) is 0 Å². The highest BCUT2D eigenvalue weighted by atomic mass is 32.2. The van der Waals surface area contributed by atoms with Gasteiger partial charge in [-0.05, 0) is 37.3 Å². The van der Waals surface area contributed by atoms with E-state index in [-0.39, 0.29) is 23.0 Å². The third-order valence-electron chi connectivity index (χ3n) is 3.89. The van der Waals surface area contributed by atoms with Gasteiger partial charge in [-0.1, -0.05) is 18.2 Å². The van der Waals surface area contributed by atoms with E-state index in [1.807, 2.05) is 49.2 Å². The SMILES string of the molecule is C[C@@H](CNC(=O)c1cc(S(N)(=O)=O)ccc1F)N(C)c1ccccc1. The van der Waals surface area contributed by atoms with E-state index < -0.39 is 21.7 Å². The molecule has 0 bridgehead atoms. The molecule has 1 amide bonds. The second-order valence-corrected chi connectivity index (χ2v) is 7.25. The number of carbonyl (C=O) groups excluding carboxylic acids is 1. The molecule has 2 rings (SSSR count). The summed E-state index contributed by atoms with van der Waals surface area (Å²) in [5.74, 6) is -1.51. The minimum atomic E-state index is -4.01. The van der Waals surface area contributed by atoms with Gasteiger partial charge in [0.25, 0.3) is 5.91 Å². The van der Waals surface area contributed by atoms with Crippen LogP contribution < -0.4 is 15.4 Å². The van der Waals surface area contributed by atoms with Crippen LogP contribution in [-0.4, -0.2) is 34.0 Å². The zero-order valence-electron chi connectivity index (χ0n) is 13.9. The highest BCUT2D eigenvalue weighted by Crippen LogP contribution is 2.15. The quantitative estimate of drug-likeness (QED) is 0.815. The molecule has 0 radical (unpaired) electrons. The molecule has 134 valence electrons. The molecule has 1 atom stereocenters. The number of hydrogen-bond acceptors (Lipinski definition) is 4. The lowest BCUT2D eigenvalue weighted by molar-refractivity contribution is 0.0947. The molecule has 0 fully saturated rings. The molecule has 2 aromatic rings. The first-order valence-electron chi connectivity index (χ1n) is 7.58. The Morgan fingerprint density at radius 3 is 2.48 bits per heavy atom. The molecule has 0 aliphatic carbocycles. The number of sulfonamides is 1. The second-order valence-electron chi connectivity index (χ2n) is 5.69. The van der Waals surface area contributed by atoms with E-state index in [1.165, 1.54) is 0 Å².